The quantitative estimate of drug-likeness (QED) is 0.249. The predicted molar refractivity (Wildman–Crippen MR) is 162 cm³/mol. The molecule has 1 atom stereocenters. The van der Waals surface area contributed by atoms with Crippen LogP contribution in [0.2, 0.25) is 0 Å². The van der Waals surface area contributed by atoms with Gasteiger partial charge in [0.25, 0.3) is 5.56 Å². The van der Waals surface area contributed by atoms with Crippen LogP contribution in [-0.4, -0.2) is 30.9 Å². The normalized spacial score (nSPS) is 14.7. The third-order valence-corrected chi connectivity index (χ3v) is 7.73. The van der Waals surface area contributed by atoms with Crippen molar-refractivity contribution >= 4 is 23.4 Å². The predicted octanol–water partition coefficient (Wildman–Crippen LogP) is 4.78. The van der Waals surface area contributed by atoms with E-state index in [-0.39, 0.29) is 12.2 Å². The topological polar surface area (TPSA) is 88.4 Å². The van der Waals surface area contributed by atoms with Crippen LogP contribution < -0.4 is 29.1 Å². The zero-order valence-electron chi connectivity index (χ0n) is 24.0. The minimum absolute atomic E-state index is 0.211. The number of esters is 1. The number of methoxy groups -OCH3 is 1. The van der Waals surface area contributed by atoms with Gasteiger partial charge in [-0.15, -0.1) is 0 Å². The van der Waals surface area contributed by atoms with Gasteiger partial charge in [-0.3, -0.25) is 9.36 Å². The molecule has 1 aromatic heterocycles. The summed E-state index contributed by atoms with van der Waals surface area (Å²) in [5.41, 5.74) is 3.17. The molecule has 42 heavy (non-hydrogen) atoms. The van der Waals surface area contributed by atoms with Crippen molar-refractivity contribution in [2.75, 3.05) is 20.3 Å². The molecule has 8 nitrogen and oxygen atoms in total. The fraction of sp³-hybridized carbons (Fsp3) is 0.242. The van der Waals surface area contributed by atoms with Gasteiger partial charge in [-0.25, -0.2) is 9.79 Å². The minimum Gasteiger partial charge on any atom is -0.497 e. The Morgan fingerprint density at radius 2 is 1.74 bits per heavy atom. The summed E-state index contributed by atoms with van der Waals surface area (Å²) < 4.78 is 24.6. The van der Waals surface area contributed by atoms with Crippen LogP contribution >= 0.6 is 11.3 Å². The summed E-state index contributed by atoms with van der Waals surface area (Å²) in [5, 5.41) is 0. The Kier molecular flexibility index (Phi) is 8.88. The van der Waals surface area contributed by atoms with E-state index in [9.17, 15) is 9.59 Å². The standard InChI is InChI=1S/C33H32N2O6S/c1-5-39-27-18-23(12-17-26(27)41-20-22-10-8-7-9-11-22)19-28-31(36)35-30(24-13-15-25(38-4)16-14-24)29(32(37)40-6-2)21(3)34-33(35)42-28/h7-19,30H,5-6,20H2,1-4H3/b28-19-/t30-/m0/s1. The van der Waals surface area contributed by atoms with E-state index in [2.05, 4.69) is 4.99 Å². The minimum atomic E-state index is -0.693. The molecular weight excluding hydrogens is 552 g/mol. The SMILES string of the molecule is CCOC(=O)C1=C(C)N=c2s/c(=C\c3ccc(OCc4ccccc4)c(OCC)c3)c(=O)n2[C@H]1c1ccc(OC)cc1. The Balaban J connectivity index is 1.56. The summed E-state index contributed by atoms with van der Waals surface area (Å²) in [7, 11) is 1.59. The fourth-order valence-corrected chi connectivity index (χ4v) is 5.83. The number of hydrogen-bond donors (Lipinski definition) is 0. The van der Waals surface area contributed by atoms with Gasteiger partial charge in [-0.1, -0.05) is 59.9 Å². The van der Waals surface area contributed by atoms with Crippen LogP contribution in [0.4, 0.5) is 0 Å². The van der Waals surface area contributed by atoms with Crippen LogP contribution in [0.1, 0.15) is 43.5 Å². The van der Waals surface area contributed by atoms with E-state index in [1.807, 2.05) is 73.7 Å². The van der Waals surface area contributed by atoms with Crippen LogP contribution in [0.5, 0.6) is 17.2 Å². The lowest BCUT2D eigenvalue weighted by Gasteiger charge is -2.24. The van der Waals surface area contributed by atoms with E-state index in [1.54, 1.807) is 37.7 Å². The van der Waals surface area contributed by atoms with Gasteiger partial charge in [-0.2, -0.15) is 0 Å². The first kappa shape index (κ1) is 28.9. The molecule has 1 aliphatic rings. The maximum atomic E-state index is 13.9. The second-order valence-electron chi connectivity index (χ2n) is 9.49. The third kappa shape index (κ3) is 6.01. The number of ether oxygens (including phenoxy) is 4. The van der Waals surface area contributed by atoms with E-state index in [4.69, 9.17) is 18.9 Å². The molecule has 0 fully saturated rings. The van der Waals surface area contributed by atoms with Crippen molar-refractivity contribution in [3.8, 4) is 17.2 Å². The van der Waals surface area contributed by atoms with Crippen molar-refractivity contribution in [2.45, 2.75) is 33.4 Å². The van der Waals surface area contributed by atoms with Gasteiger partial charge in [0.2, 0.25) is 0 Å². The molecule has 0 saturated heterocycles. The van der Waals surface area contributed by atoms with E-state index in [0.717, 1.165) is 16.7 Å². The molecule has 0 bridgehead atoms. The smallest absolute Gasteiger partial charge is 0.338 e. The summed E-state index contributed by atoms with van der Waals surface area (Å²) in [5.74, 6) is 1.38. The number of allylic oxidation sites excluding steroid dienone is 1. The third-order valence-electron chi connectivity index (χ3n) is 6.75. The first-order valence-corrected chi connectivity index (χ1v) is 14.5. The van der Waals surface area contributed by atoms with Crippen molar-refractivity contribution in [1.82, 2.24) is 4.57 Å². The number of fused-ring (bicyclic) bond motifs is 1. The van der Waals surface area contributed by atoms with Crippen LogP contribution in [0.25, 0.3) is 6.08 Å². The average molecular weight is 585 g/mol. The Morgan fingerprint density at radius 3 is 2.43 bits per heavy atom. The lowest BCUT2D eigenvalue weighted by atomic mass is 9.96. The van der Waals surface area contributed by atoms with Crippen LogP contribution in [0, 0.1) is 0 Å². The molecule has 0 saturated carbocycles. The van der Waals surface area contributed by atoms with Gasteiger partial charge >= 0.3 is 5.97 Å². The van der Waals surface area contributed by atoms with Crippen molar-refractivity contribution < 1.29 is 23.7 Å². The Bertz CT molecular complexity index is 1790. The molecule has 0 unspecified atom stereocenters. The summed E-state index contributed by atoms with van der Waals surface area (Å²) in [6, 6.07) is 22.1. The second kappa shape index (κ2) is 12.9. The van der Waals surface area contributed by atoms with Crippen molar-refractivity contribution in [3.63, 3.8) is 0 Å². The molecule has 0 amide bonds. The Hall–Kier alpha value is -4.63. The molecule has 3 aromatic carbocycles. The number of carbonyl (C=O) groups excluding carboxylic acids is 1. The summed E-state index contributed by atoms with van der Waals surface area (Å²) >= 11 is 1.27. The van der Waals surface area contributed by atoms with Gasteiger partial charge in [0.15, 0.2) is 16.3 Å². The first-order valence-electron chi connectivity index (χ1n) is 13.7. The zero-order valence-corrected chi connectivity index (χ0v) is 24.8. The molecular formula is C33H32N2O6S. The van der Waals surface area contributed by atoms with Gasteiger partial charge in [-0.05, 0) is 67.8 Å². The van der Waals surface area contributed by atoms with Gasteiger partial charge in [0, 0.05) is 0 Å². The molecule has 4 aromatic rings. The summed E-state index contributed by atoms with van der Waals surface area (Å²) in [6.07, 6.45) is 1.81. The number of carbonyl (C=O) groups is 1. The average Bonchev–Trinajstić information content (AvgIpc) is 3.30. The number of hydrogen-bond acceptors (Lipinski definition) is 8. The largest absolute Gasteiger partial charge is 0.497 e. The molecule has 5 rings (SSSR count). The monoisotopic (exact) mass is 584 g/mol. The van der Waals surface area contributed by atoms with Crippen molar-refractivity contribution in [1.29, 1.82) is 0 Å². The second-order valence-corrected chi connectivity index (χ2v) is 10.5. The lowest BCUT2D eigenvalue weighted by molar-refractivity contribution is -0.139. The Morgan fingerprint density at radius 1 is 0.976 bits per heavy atom. The Labute approximate surface area is 247 Å². The van der Waals surface area contributed by atoms with Crippen molar-refractivity contribution in [3.05, 3.63) is 120 Å². The highest BCUT2D eigenvalue weighted by Crippen LogP contribution is 2.32. The van der Waals surface area contributed by atoms with E-state index in [0.29, 0.717) is 51.1 Å². The zero-order chi connectivity index (χ0) is 29.6. The number of nitrogens with zero attached hydrogens (tertiary/aromatic N) is 2. The van der Waals surface area contributed by atoms with Gasteiger partial charge in [0.1, 0.15) is 12.4 Å². The molecule has 0 aliphatic carbocycles. The molecule has 216 valence electrons. The van der Waals surface area contributed by atoms with Crippen molar-refractivity contribution in [2.24, 2.45) is 4.99 Å². The first-order chi connectivity index (χ1) is 20.4. The molecule has 1 aliphatic heterocycles. The van der Waals surface area contributed by atoms with Crippen LogP contribution in [0.3, 0.4) is 0 Å². The molecule has 0 N–H and O–H groups in total. The highest BCUT2D eigenvalue weighted by molar-refractivity contribution is 7.07. The van der Waals surface area contributed by atoms with Crippen LogP contribution in [0.15, 0.2) is 93.9 Å². The van der Waals surface area contributed by atoms with Crippen LogP contribution in [-0.2, 0) is 16.1 Å². The molecule has 9 heteroatoms. The van der Waals surface area contributed by atoms with E-state index < -0.39 is 12.0 Å². The summed E-state index contributed by atoms with van der Waals surface area (Å²) in [6.45, 7) is 6.51. The number of aromatic nitrogens is 1. The summed E-state index contributed by atoms with van der Waals surface area (Å²) in [4.78, 5) is 32.2. The van der Waals surface area contributed by atoms with E-state index >= 15 is 0 Å². The highest BCUT2D eigenvalue weighted by Gasteiger charge is 2.33. The number of benzene rings is 3. The molecule has 0 spiro atoms. The molecule has 2 heterocycles. The van der Waals surface area contributed by atoms with Gasteiger partial charge in [0.05, 0.1) is 42.2 Å². The maximum Gasteiger partial charge on any atom is 0.338 e. The molecule has 0 radical (unpaired) electrons. The van der Waals surface area contributed by atoms with Gasteiger partial charge < -0.3 is 18.9 Å². The number of thiazole rings is 1. The van der Waals surface area contributed by atoms with E-state index in [1.165, 1.54) is 11.3 Å². The fourth-order valence-electron chi connectivity index (χ4n) is 4.78. The maximum absolute atomic E-state index is 13.9. The highest BCUT2D eigenvalue weighted by atomic mass is 32.1. The lowest BCUT2D eigenvalue weighted by Crippen LogP contribution is -2.39. The number of rotatable bonds is 10.